The lowest BCUT2D eigenvalue weighted by molar-refractivity contribution is -0.137. The van der Waals surface area contributed by atoms with E-state index in [1.165, 1.54) is 6.08 Å². The molecule has 0 saturated heterocycles. The van der Waals surface area contributed by atoms with Crippen molar-refractivity contribution < 1.29 is 14.3 Å². The van der Waals surface area contributed by atoms with Crippen molar-refractivity contribution in [2.45, 2.75) is 13.5 Å². The van der Waals surface area contributed by atoms with Gasteiger partial charge in [-0.25, -0.2) is 4.68 Å². The van der Waals surface area contributed by atoms with Crippen molar-refractivity contribution in [1.29, 1.82) is 0 Å². The third-order valence-electron chi connectivity index (χ3n) is 2.61. The molecule has 0 radical (unpaired) electrons. The predicted octanol–water partition coefficient (Wildman–Crippen LogP) is 0.244. The first kappa shape index (κ1) is 11.4. The van der Waals surface area contributed by atoms with Crippen molar-refractivity contribution in [3.8, 4) is 5.88 Å². The third kappa shape index (κ3) is 1.93. The first-order chi connectivity index (χ1) is 8.02. The maximum Gasteiger partial charge on any atom is 0.256 e. The van der Waals surface area contributed by atoms with Crippen molar-refractivity contribution in [1.82, 2.24) is 14.7 Å². The molecule has 1 aromatic rings. The van der Waals surface area contributed by atoms with Crippen LogP contribution in [-0.2, 0) is 23.2 Å². The number of rotatable bonds is 3. The standard InChI is InChI=1S/C11H13N3O3/c1-7-4-9(15)14(11(7)16)6-8-5-10(17-3)13(2)12-8/h4-5H,6H2,1-3H3. The van der Waals surface area contributed by atoms with Crippen molar-refractivity contribution in [3.63, 3.8) is 0 Å². The molecule has 1 aliphatic rings. The topological polar surface area (TPSA) is 64.4 Å². The molecule has 2 rings (SSSR count). The van der Waals surface area contributed by atoms with Crippen LogP contribution in [-0.4, -0.2) is 33.6 Å². The van der Waals surface area contributed by atoms with Gasteiger partial charge in [0.05, 0.1) is 19.3 Å². The Kier molecular flexibility index (Phi) is 2.71. The van der Waals surface area contributed by atoms with Gasteiger partial charge in [-0.15, -0.1) is 0 Å². The van der Waals surface area contributed by atoms with Gasteiger partial charge in [0.15, 0.2) is 0 Å². The summed E-state index contributed by atoms with van der Waals surface area (Å²) in [4.78, 5) is 24.3. The highest BCUT2D eigenvalue weighted by molar-refractivity contribution is 6.15. The highest BCUT2D eigenvalue weighted by Crippen LogP contribution is 2.17. The number of amides is 2. The van der Waals surface area contributed by atoms with Gasteiger partial charge in [0.25, 0.3) is 11.8 Å². The van der Waals surface area contributed by atoms with Crippen molar-refractivity contribution in [2.75, 3.05) is 7.11 Å². The zero-order valence-electron chi connectivity index (χ0n) is 9.93. The second-order valence-corrected chi connectivity index (χ2v) is 3.86. The third-order valence-corrected chi connectivity index (χ3v) is 2.61. The number of hydrogen-bond donors (Lipinski definition) is 0. The summed E-state index contributed by atoms with van der Waals surface area (Å²) >= 11 is 0. The lowest BCUT2D eigenvalue weighted by Crippen LogP contribution is -2.30. The fourth-order valence-electron chi connectivity index (χ4n) is 1.72. The SMILES string of the molecule is COc1cc(CN2C(=O)C=C(C)C2=O)nn1C. The normalized spacial score (nSPS) is 15.5. The van der Waals surface area contributed by atoms with Gasteiger partial charge in [-0.05, 0) is 6.92 Å². The number of ether oxygens (including phenoxy) is 1. The second kappa shape index (κ2) is 4.04. The molecule has 0 spiro atoms. The monoisotopic (exact) mass is 235 g/mol. The Morgan fingerprint density at radius 3 is 2.59 bits per heavy atom. The van der Waals surface area contributed by atoms with E-state index in [0.717, 1.165) is 4.90 Å². The Labute approximate surface area is 98.5 Å². The van der Waals surface area contributed by atoms with Crippen molar-refractivity contribution in [2.24, 2.45) is 7.05 Å². The van der Waals surface area contributed by atoms with Gasteiger partial charge in [0.1, 0.15) is 0 Å². The van der Waals surface area contributed by atoms with Crippen LogP contribution in [0.15, 0.2) is 17.7 Å². The fourth-order valence-corrected chi connectivity index (χ4v) is 1.72. The average molecular weight is 235 g/mol. The number of aryl methyl sites for hydroxylation is 1. The van der Waals surface area contributed by atoms with Crippen LogP contribution in [0.4, 0.5) is 0 Å². The van der Waals surface area contributed by atoms with Gasteiger partial charge in [-0.2, -0.15) is 5.10 Å². The molecule has 0 atom stereocenters. The average Bonchev–Trinajstić information content (AvgIpc) is 2.74. The van der Waals surface area contributed by atoms with E-state index in [1.807, 2.05) is 0 Å². The summed E-state index contributed by atoms with van der Waals surface area (Å²) in [5, 5.41) is 4.16. The van der Waals surface area contributed by atoms with Gasteiger partial charge >= 0.3 is 0 Å². The van der Waals surface area contributed by atoms with E-state index in [0.29, 0.717) is 17.1 Å². The van der Waals surface area contributed by atoms with Gasteiger partial charge in [0.2, 0.25) is 5.88 Å². The minimum atomic E-state index is -0.294. The number of methoxy groups -OCH3 is 1. The van der Waals surface area contributed by atoms with E-state index in [1.54, 1.807) is 31.8 Å². The Hall–Kier alpha value is -2.11. The summed E-state index contributed by atoms with van der Waals surface area (Å²) in [6.45, 7) is 1.79. The Bertz CT molecular complexity index is 516. The molecule has 0 N–H and O–H groups in total. The highest BCUT2D eigenvalue weighted by atomic mass is 16.5. The zero-order chi connectivity index (χ0) is 12.6. The second-order valence-electron chi connectivity index (χ2n) is 3.86. The molecule has 0 aromatic carbocycles. The van der Waals surface area contributed by atoms with Crippen LogP contribution in [0.1, 0.15) is 12.6 Å². The molecule has 0 unspecified atom stereocenters. The van der Waals surface area contributed by atoms with Crippen molar-refractivity contribution >= 4 is 11.8 Å². The first-order valence-corrected chi connectivity index (χ1v) is 5.14. The molecule has 2 heterocycles. The Balaban J connectivity index is 2.17. The van der Waals surface area contributed by atoms with Crippen LogP contribution in [0.3, 0.4) is 0 Å². The molecule has 6 nitrogen and oxygen atoms in total. The quantitative estimate of drug-likeness (QED) is 0.704. The van der Waals surface area contributed by atoms with Crippen LogP contribution in [0.25, 0.3) is 0 Å². The summed E-state index contributed by atoms with van der Waals surface area (Å²) < 4.78 is 6.62. The highest BCUT2D eigenvalue weighted by Gasteiger charge is 2.29. The molecule has 2 amide bonds. The number of carbonyl (C=O) groups excluding carboxylic acids is 2. The largest absolute Gasteiger partial charge is 0.481 e. The summed E-state index contributed by atoms with van der Waals surface area (Å²) in [5.74, 6) is 0.0283. The van der Waals surface area contributed by atoms with E-state index in [9.17, 15) is 9.59 Å². The zero-order valence-corrected chi connectivity index (χ0v) is 9.93. The van der Waals surface area contributed by atoms with E-state index >= 15 is 0 Å². The smallest absolute Gasteiger partial charge is 0.256 e. The lowest BCUT2D eigenvalue weighted by atomic mass is 10.3. The van der Waals surface area contributed by atoms with Gasteiger partial charge in [0, 0.05) is 24.8 Å². The summed E-state index contributed by atoms with van der Waals surface area (Å²) in [5.41, 5.74) is 1.08. The lowest BCUT2D eigenvalue weighted by Gasteiger charge is -2.11. The van der Waals surface area contributed by atoms with Gasteiger partial charge in [-0.3, -0.25) is 14.5 Å². The predicted molar refractivity (Wildman–Crippen MR) is 59.1 cm³/mol. The number of imide groups is 1. The van der Waals surface area contributed by atoms with Gasteiger partial charge in [-0.1, -0.05) is 0 Å². The molecular weight excluding hydrogens is 222 g/mol. The van der Waals surface area contributed by atoms with Crippen LogP contribution in [0.5, 0.6) is 5.88 Å². The number of hydrogen-bond acceptors (Lipinski definition) is 4. The molecule has 0 bridgehead atoms. The van der Waals surface area contributed by atoms with E-state index in [2.05, 4.69) is 5.10 Å². The molecule has 1 aromatic heterocycles. The fraction of sp³-hybridized carbons (Fsp3) is 0.364. The minimum Gasteiger partial charge on any atom is -0.481 e. The Morgan fingerprint density at radius 1 is 1.41 bits per heavy atom. The molecule has 0 aliphatic carbocycles. The van der Waals surface area contributed by atoms with Crippen LogP contribution in [0.2, 0.25) is 0 Å². The maximum atomic E-state index is 11.7. The molecule has 17 heavy (non-hydrogen) atoms. The molecule has 1 aliphatic heterocycles. The van der Waals surface area contributed by atoms with E-state index < -0.39 is 0 Å². The maximum absolute atomic E-state index is 11.7. The minimum absolute atomic E-state index is 0.169. The molecule has 0 saturated carbocycles. The summed E-state index contributed by atoms with van der Waals surface area (Å²) in [6.07, 6.45) is 1.34. The van der Waals surface area contributed by atoms with Crippen LogP contribution >= 0.6 is 0 Å². The van der Waals surface area contributed by atoms with E-state index in [4.69, 9.17) is 4.74 Å². The van der Waals surface area contributed by atoms with Crippen molar-refractivity contribution in [3.05, 3.63) is 23.4 Å². The molecule has 90 valence electrons. The Morgan fingerprint density at radius 2 is 2.12 bits per heavy atom. The van der Waals surface area contributed by atoms with Crippen LogP contribution < -0.4 is 4.74 Å². The molecular formula is C11H13N3O3. The number of carbonyl (C=O) groups is 2. The number of nitrogens with zero attached hydrogens (tertiary/aromatic N) is 3. The van der Waals surface area contributed by atoms with E-state index in [-0.39, 0.29) is 18.4 Å². The van der Waals surface area contributed by atoms with Gasteiger partial charge < -0.3 is 4.74 Å². The summed E-state index contributed by atoms with van der Waals surface area (Å²) in [7, 11) is 3.28. The molecule has 0 fully saturated rings. The molecule has 6 heteroatoms. The summed E-state index contributed by atoms with van der Waals surface area (Å²) in [6, 6.07) is 1.70. The number of aromatic nitrogens is 2. The first-order valence-electron chi connectivity index (χ1n) is 5.14. The van der Waals surface area contributed by atoms with Crippen LogP contribution in [0, 0.1) is 0 Å².